The van der Waals surface area contributed by atoms with Crippen molar-refractivity contribution < 1.29 is 4.74 Å². The van der Waals surface area contributed by atoms with Gasteiger partial charge in [0.15, 0.2) is 17.5 Å². The number of nitrogens with one attached hydrogen (secondary N) is 1. The Balaban J connectivity index is 1.44. The first kappa shape index (κ1) is 23.9. The third-order valence-corrected chi connectivity index (χ3v) is 7.18. The minimum absolute atomic E-state index is 0.144. The molecule has 0 saturated carbocycles. The minimum atomic E-state index is -0.144. The van der Waals surface area contributed by atoms with Crippen LogP contribution in [0.1, 0.15) is 29.8 Å². The van der Waals surface area contributed by atoms with E-state index in [4.69, 9.17) is 19.8 Å². The predicted molar refractivity (Wildman–Crippen MR) is 161 cm³/mol. The van der Waals surface area contributed by atoms with E-state index in [-0.39, 0.29) is 6.04 Å². The maximum Gasteiger partial charge on any atom is 0.179 e. The molecule has 5 aromatic rings. The zero-order valence-electron chi connectivity index (χ0n) is 22.3. The van der Waals surface area contributed by atoms with E-state index in [0.29, 0.717) is 12.4 Å². The Bertz CT molecular complexity index is 1740. The molecular formula is C33H28N6O. The van der Waals surface area contributed by atoms with Crippen molar-refractivity contribution in [2.45, 2.75) is 19.9 Å². The summed E-state index contributed by atoms with van der Waals surface area (Å²) in [7, 11) is 0. The lowest BCUT2D eigenvalue weighted by Crippen LogP contribution is -2.46. The molecule has 7 nitrogen and oxygen atoms in total. The van der Waals surface area contributed by atoms with Crippen molar-refractivity contribution >= 4 is 34.6 Å². The Hall–Kier alpha value is -5.17. The van der Waals surface area contributed by atoms with Gasteiger partial charge in [0.05, 0.1) is 35.4 Å². The Morgan fingerprint density at radius 3 is 2.25 bits per heavy atom. The standard InChI is InChI=1S/C33H28N6O/c1-3-40-26-20-18-24(19-21-26)34-31-33-36-32-29(22(2)37-39(32)25-14-8-5-9-15-25)30(23-12-6-4-7-13-23)38(33)28-17-11-10-16-27(28)35-31/h4-21,30H,3H2,1-2H3,(H,34,35)/t30-/m0/s1. The lowest BCUT2D eigenvalue weighted by Gasteiger charge is -2.40. The van der Waals surface area contributed by atoms with E-state index >= 15 is 0 Å². The number of rotatable bonds is 5. The number of benzene rings is 4. The van der Waals surface area contributed by atoms with Gasteiger partial charge in [-0.15, -0.1) is 0 Å². The summed E-state index contributed by atoms with van der Waals surface area (Å²) in [4.78, 5) is 12.6. The van der Waals surface area contributed by atoms with Gasteiger partial charge in [-0.25, -0.2) is 14.7 Å². The molecular weight excluding hydrogens is 496 g/mol. The fourth-order valence-electron chi connectivity index (χ4n) is 5.44. The van der Waals surface area contributed by atoms with Crippen LogP contribution >= 0.6 is 0 Å². The van der Waals surface area contributed by atoms with E-state index < -0.39 is 0 Å². The molecule has 40 heavy (non-hydrogen) atoms. The lowest BCUT2D eigenvalue weighted by molar-refractivity contribution is 0.340. The van der Waals surface area contributed by atoms with Crippen LogP contribution in [0, 0.1) is 6.92 Å². The highest BCUT2D eigenvalue weighted by atomic mass is 16.5. The van der Waals surface area contributed by atoms with Gasteiger partial charge in [0.1, 0.15) is 5.75 Å². The van der Waals surface area contributed by atoms with Crippen LogP contribution in [0.2, 0.25) is 0 Å². The number of para-hydroxylation sites is 3. The highest BCUT2D eigenvalue weighted by Gasteiger charge is 2.41. The van der Waals surface area contributed by atoms with Crippen LogP contribution in [0.4, 0.5) is 22.9 Å². The number of aromatic nitrogens is 2. The normalized spacial score (nSPS) is 15.3. The van der Waals surface area contributed by atoms with Crippen molar-refractivity contribution in [3.05, 3.63) is 126 Å². The first-order chi connectivity index (χ1) is 19.7. The molecule has 1 N–H and O–H groups in total. The highest BCUT2D eigenvalue weighted by molar-refractivity contribution is 6.51. The monoisotopic (exact) mass is 524 g/mol. The van der Waals surface area contributed by atoms with Gasteiger partial charge < -0.3 is 15.0 Å². The molecule has 7 rings (SSSR count). The average molecular weight is 525 g/mol. The van der Waals surface area contributed by atoms with E-state index in [1.165, 1.54) is 0 Å². The average Bonchev–Trinajstić information content (AvgIpc) is 3.34. The number of ether oxygens (including phenoxy) is 1. The van der Waals surface area contributed by atoms with Crippen LogP contribution in [-0.2, 0) is 0 Å². The molecule has 4 aromatic carbocycles. The number of fused-ring (bicyclic) bond motifs is 4. The van der Waals surface area contributed by atoms with E-state index in [1.807, 2.05) is 72.3 Å². The van der Waals surface area contributed by atoms with Crippen LogP contribution in [0.3, 0.4) is 0 Å². The molecule has 0 fully saturated rings. The second-order valence-electron chi connectivity index (χ2n) is 9.72. The summed E-state index contributed by atoms with van der Waals surface area (Å²) in [5.74, 6) is 3.06. The van der Waals surface area contributed by atoms with Gasteiger partial charge in [0.2, 0.25) is 0 Å². The molecule has 3 heterocycles. The molecule has 0 saturated heterocycles. The van der Waals surface area contributed by atoms with Gasteiger partial charge in [-0.3, -0.25) is 0 Å². The van der Waals surface area contributed by atoms with Crippen LogP contribution < -0.4 is 15.0 Å². The molecule has 0 radical (unpaired) electrons. The number of hydrogen-bond donors (Lipinski definition) is 1. The predicted octanol–water partition coefficient (Wildman–Crippen LogP) is 7.37. The summed E-state index contributed by atoms with van der Waals surface area (Å²) in [6.07, 6.45) is 0. The second-order valence-corrected chi connectivity index (χ2v) is 9.72. The first-order valence-corrected chi connectivity index (χ1v) is 13.5. The molecule has 0 unspecified atom stereocenters. The quantitative estimate of drug-likeness (QED) is 0.261. The molecule has 0 spiro atoms. The van der Waals surface area contributed by atoms with E-state index in [1.54, 1.807) is 0 Å². The largest absolute Gasteiger partial charge is 0.494 e. The smallest absolute Gasteiger partial charge is 0.179 e. The number of aryl methyl sites for hydroxylation is 1. The highest BCUT2D eigenvalue weighted by Crippen LogP contribution is 2.48. The molecule has 1 atom stereocenters. The van der Waals surface area contributed by atoms with Crippen molar-refractivity contribution in [1.82, 2.24) is 9.78 Å². The van der Waals surface area contributed by atoms with Crippen LogP contribution in [0.15, 0.2) is 119 Å². The third-order valence-electron chi connectivity index (χ3n) is 7.18. The number of aliphatic imine (C=N–C) groups is 2. The molecule has 7 heteroatoms. The fourth-order valence-corrected chi connectivity index (χ4v) is 5.44. The number of anilines is 2. The first-order valence-electron chi connectivity index (χ1n) is 13.5. The molecule has 1 aromatic heterocycles. The fraction of sp³-hybridized carbons (Fsp3) is 0.121. The minimum Gasteiger partial charge on any atom is -0.494 e. The summed E-state index contributed by atoms with van der Waals surface area (Å²) in [6, 6.07) is 36.7. The maximum absolute atomic E-state index is 5.64. The van der Waals surface area contributed by atoms with Gasteiger partial charge in [-0.05, 0) is 67.9 Å². The summed E-state index contributed by atoms with van der Waals surface area (Å²) in [5, 5.41) is 8.55. The zero-order valence-corrected chi connectivity index (χ0v) is 22.3. The van der Waals surface area contributed by atoms with Gasteiger partial charge in [0, 0.05) is 11.3 Å². The Kier molecular flexibility index (Phi) is 5.89. The van der Waals surface area contributed by atoms with Gasteiger partial charge in [-0.2, -0.15) is 5.10 Å². The van der Waals surface area contributed by atoms with E-state index in [9.17, 15) is 0 Å². The molecule has 0 aliphatic carbocycles. The SMILES string of the molecule is CCOc1ccc(NC2=Nc3ccccc3N3C2=Nc2c(c(C)nn2-c2ccccc2)[C@@H]3c2ccccc2)cc1. The zero-order chi connectivity index (χ0) is 27.1. The van der Waals surface area contributed by atoms with Crippen molar-refractivity contribution in [2.75, 3.05) is 16.8 Å². The van der Waals surface area contributed by atoms with Crippen molar-refractivity contribution in [3.63, 3.8) is 0 Å². The number of nitrogens with zero attached hydrogens (tertiary/aromatic N) is 5. The molecule has 196 valence electrons. The third kappa shape index (κ3) is 4.03. The van der Waals surface area contributed by atoms with Gasteiger partial charge in [-0.1, -0.05) is 60.7 Å². The van der Waals surface area contributed by atoms with Crippen LogP contribution in [0.5, 0.6) is 5.75 Å². The van der Waals surface area contributed by atoms with E-state index in [2.05, 4.69) is 65.7 Å². The number of hydrogen-bond acceptors (Lipinski definition) is 6. The van der Waals surface area contributed by atoms with Gasteiger partial charge >= 0.3 is 0 Å². The summed E-state index contributed by atoms with van der Waals surface area (Å²) in [6.45, 7) is 4.67. The van der Waals surface area contributed by atoms with Crippen molar-refractivity contribution in [2.24, 2.45) is 9.98 Å². The maximum atomic E-state index is 5.64. The van der Waals surface area contributed by atoms with Gasteiger partial charge in [0.25, 0.3) is 0 Å². The van der Waals surface area contributed by atoms with Crippen molar-refractivity contribution in [3.8, 4) is 11.4 Å². The summed E-state index contributed by atoms with van der Waals surface area (Å²) in [5.41, 5.74) is 6.93. The molecule has 2 aliphatic heterocycles. The van der Waals surface area contributed by atoms with Crippen LogP contribution in [-0.4, -0.2) is 28.1 Å². The number of amidine groups is 2. The van der Waals surface area contributed by atoms with Crippen LogP contribution in [0.25, 0.3) is 5.69 Å². The van der Waals surface area contributed by atoms with Crippen molar-refractivity contribution in [1.29, 1.82) is 0 Å². The molecule has 0 bridgehead atoms. The molecule has 2 aliphatic rings. The Morgan fingerprint density at radius 2 is 1.50 bits per heavy atom. The lowest BCUT2D eigenvalue weighted by atomic mass is 9.93. The summed E-state index contributed by atoms with van der Waals surface area (Å²) >= 11 is 0. The topological polar surface area (TPSA) is 67.0 Å². The Morgan fingerprint density at radius 1 is 0.800 bits per heavy atom. The second kappa shape index (κ2) is 9.85. The molecule has 0 amide bonds. The Labute approximate surface area is 233 Å². The van der Waals surface area contributed by atoms with E-state index in [0.717, 1.165) is 57.0 Å². The summed E-state index contributed by atoms with van der Waals surface area (Å²) < 4.78 is 7.59.